The van der Waals surface area contributed by atoms with Crippen LogP contribution in [0.4, 0.5) is 5.69 Å². The zero-order chi connectivity index (χ0) is 14.1. The van der Waals surface area contributed by atoms with E-state index in [1.165, 1.54) is 18.2 Å². The molecule has 1 aliphatic carbocycles. The lowest BCUT2D eigenvalue weighted by molar-refractivity contribution is 0.490. The summed E-state index contributed by atoms with van der Waals surface area (Å²) in [5.41, 5.74) is 1.08. The zero-order valence-electron chi connectivity index (χ0n) is 11.8. The van der Waals surface area contributed by atoms with Crippen LogP contribution >= 0.6 is 0 Å². The van der Waals surface area contributed by atoms with Gasteiger partial charge in [0.25, 0.3) is 0 Å². The summed E-state index contributed by atoms with van der Waals surface area (Å²) >= 11 is 0. The van der Waals surface area contributed by atoms with E-state index >= 15 is 0 Å². The maximum absolute atomic E-state index is 6.19. The number of benzene rings is 3. The summed E-state index contributed by atoms with van der Waals surface area (Å²) in [6, 6.07) is 23.2. The van der Waals surface area contributed by atoms with Gasteiger partial charge in [-0.2, -0.15) is 0 Å². The summed E-state index contributed by atoms with van der Waals surface area (Å²) in [5.74, 6) is 1.79. The highest BCUT2D eigenvalue weighted by Crippen LogP contribution is 2.36. The van der Waals surface area contributed by atoms with E-state index in [4.69, 9.17) is 4.74 Å². The molecule has 4 rings (SSSR count). The van der Waals surface area contributed by atoms with E-state index in [1.54, 1.807) is 0 Å². The van der Waals surface area contributed by atoms with Gasteiger partial charge in [-0.15, -0.1) is 0 Å². The third-order valence-corrected chi connectivity index (χ3v) is 3.79. The van der Waals surface area contributed by atoms with Crippen molar-refractivity contribution in [2.24, 2.45) is 0 Å². The predicted octanol–water partition coefficient (Wildman–Crippen LogP) is 5.21. The lowest BCUT2D eigenvalue weighted by atomic mass is 10.1. The van der Waals surface area contributed by atoms with Crippen LogP contribution in [0.25, 0.3) is 10.8 Å². The van der Waals surface area contributed by atoms with Gasteiger partial charge in [0.15, 0.2) is 5.75 Å². The van der Waals surface area contributed by atoms with Crippen LogP contribution in [0.1, 0.15) is 12.8 Å². The van der Waals surface area contributed by atoms with Gasteiger partial charge in [0.1, 0.15) is 5.75 Å². The predicted molar refractivity (Wildman–Crippen MR) is 87.1 cm³/mol. The molecule has 21 heavy (non-hydrogen) atoms. The monoisotopic (exact) mass is 275 g/mol. The molecule has 104 valence electrons. The number of rotatable bonds is 4. The first-order chi connectivity index (χ1) is 10.4. The summed E-state index contributed by atoms with van der Waals surface area (Å²) in [4.78, 5) is 0. The molecule has 0 saturated heterocycles. The molecule has 0 aromatic heterocycles. The van der Waals surface area contributed by atoms with Gasteiger partial charge >= 0.3 is 0 Å². The molecule has 3 aromatic rings. The minimum atomic E-state index is 0.613. The van der Waals surface area contributed by atoms with Gasteiger partial charge in [0, 0.05) is 11.4 Å². The minimum Gasteiger partial charge on any atom is -0.455 e. The van der Waals surface area contributed by atoms with E-state index in [0.29, 0.717) is 6.04 Å². The lowest BCUT2D eigenvalue weighted by Gasteiger charge is -2.14. The normalized spacial score (nSPS) is 14.1. The first kappa shape index (κ1) is 12.3. The third kappa shape index (κ3) is 2.57. The maximum Gasteiger partial charge on any atom is 0.150 e. The minimum absolute atomic E-state index is 0.613. The quantitative estimate of drug-likeness (QED) is 0.706. The van der Waals surface area contributed by atoms with Crippen LogP contribution in [0.3, 0.4) is 0 Å². The van der Waals surface area contributed by atoms with E-state index in [0.717, 1.165) is 22.6 Å². The Morgan fingerprint density at radius 2 is 1.48 bits per heavy atom. The average molecular weight is 275 g/mol. The number of nitrogens with one attached hydrogen (secondary N) is 1. The van der Waals surface area contributed by atoms with Gasteiger partial charge in [-0.3, -0.25) is 0 Å². The average Bonchev–Trinajstić information content (AvgIpc) is 3.34. The van der Waals surface area contributed by atoms with Gasteiger partial charge in [0.2, 0.25) is 0 Å². The van der Waals surface area contributed by atoms with E-state index in [2.05, 4.69) is 35.6 Å². The van der Waals surface area contributed by atoms with E-state index in [1.807, 2.05) is 36.4 Å². The van der Waals surface area contributed by atoms with Crippen LogP contribution in [-0.2, 0) is 0 Å². The number of para-hydroxylation sites is 2. The van der Waals surface area contributed by atoms with Crippen LogP contribution in [0, 0.1) is 0 Å². The van der Waals surface area contributed by atoms with Crippen molar-refractivity contribution in [1.82, 2.24) is 0 Å². The van der Waals surface area contributed by atoms with Gasteiger partial charge in [-0.05, 0) is 36.4 Å². The van der Waals surface area contributed by atoms with E-state index < -0.39 is 0 Å². The van der Waals surface area contributed by atoms with Crippen molar-refractivity contribution in [2.75, 3.05) is 5.32 Å². The van der Waals surface area contributed by atoms with Crippen LogP contribution in [0.5, 0.6) is 11.5 Å². The fraction of sp³-hybridized carbons (Fsp3) is 0.158. The first-order valence-electron chi connectivity index (χ1n) is 7.41. The smallest absolute Gasteiger partial charge is 0.150 e. The number of fused-ring (bicyclic) bond motifs is 1. The molecule has 1 N–H and O–H groups in total. The molecule has 2 nitrogen and oxygen atoms in total. The van der Waals surface area contributed by atoms with Crippen molar-refractivity contribution in [3.8, 4) is 11.5 Å². The highest BCUT2D eigenvalue weighted by molar-refractivity contribution is 5.88. The molecule has 0 spiro atoms. The molecule has 2 heteroatoms. The highest BCUT2D eigenvalue weighted by Gasteiger charge is 2.22. The molecule has 0 heterocycles. The lowest BCUT2D eigenvalue weighted by Crippen LogP contribution is -2.02. The van der Waals surface area contributed by atoms with Crippen molar-refractivity contribution < 1.29 is 4.74 Å². The Kier molecular flexibility index (Phi) is 3.00. The number of hydrogen-bond acceptors (Lipinski definition) is 2. The molecule has 0 bridgehead atoms. The largest absolute Gasteiger partial charge is 0.455 e. The molecule has 0 amide bonds. The molecule has 3 aromatic carbocycles. The molecular formula is C19H17NO. The summed E-state index contributed by atoms with van der Waals surface area (Å²) in [7, 11) is 0. The summed E-state index contributed by atoms with van der Waals surface area (Å²) < 4.78 is 6.19. The first-order valence-corrected chi connectivity index (χ1v) is 7.41. The Morgan fingerprint density at radius 3 is 2.38 bits per heavy atom. The third-order valence-electron chi connectivity index (χ3n) is 3.79. The Bertz CT molecular complexity index is 772. The molecule has 0 unspecified atom stereocenters. The second kappa shape index (κ2) is 5.13. The standard InChI is InChI=1S/C19H17NO/c1-2-8-16-14(6-1)7-5-11-18(16)21-19-10-4-3-9-17(19)20-15-12-13-15/h1-11,15,20H,12-13H2. The van der Waals surface area contributed by atoms with E-state index in [9.17, 15) is 0 Å². The van der Waals surface area contributed by atoms with Crippen molar-refractivity contribution >= 4 is 16.5 Å². The number of ether oxygens (including phenoxy) is 1. The van der Waals surface area contributed by atoms with Crippen molar-refractivity contribution in [2.45, 2.75) is 18.9 Å². The van der Waals surface area contributed by atoms with Crippen molar-refractivity contribution in [1.29, 1.82) is 0 Å². The van der Waals surface area contributed by atoms with Crippen LogP contribution in [0.2, 0.25) is 0 Å². The number of hydrogen-bond donors (Lipinski definition) is 1. The summed E-state index contributed by atoms with van der Waals surface area (Å²) in [6.07, 6.45) is 2.51. The Morgan fingerprint density at radius 1 is 0.762 bits per heavy atom. The molecular weight excluding hydrogens is 258 g/mol. The van der Waals surface area contributed by atoms with Crippen molar-refractivity contribution in [3.63, 3.8) is 0 Å². The molecule has 0 aliphatic heterocycles. The van der Waals surface area contributed by atoms with Gasteiger partial charge < -0.3 is 10.1 Å². The van der Waals surface area contributed by atoms with E-state index in [-0.39, 0.29) is 0 Å². The number of anilines is 1. The SMILES string of the molecule is c1ccc(Oc2cccc3ccccc23)c(NC2CC2)c1. The van der Waals surface area contributed by atoms with Gasteiger partial charge in [-0.1, -0.05) is 48.5 Å². The van der Waals surface area contributed by atoms with Crippen molar-refractivity contribution in [3.05, 3.63) is 66.7 Å². The maximum atomic E-state index is 6.19. The second-order valence-corrected chi connectivity index (χ2v) is 5.49. The molecule has 1 saturated carbocycles. The van der Waals surface area contributed by atoms with Gasteiger partial charge in [-0.25, -0.2) is 0 Å². The highest BCUT2D eigenvalue weighted by atomic mass is 16.5. The Labute approximate surface area is 124 Å². The molecule has 0 radical (unpaired) electrons. The Balaban J connectivity index is 1.71. The fourth-order valence-electron chi connectivity index (χ4n) is 2.53. The summed E-state index contributed by atoms with van der Waals surface area (Å²) in [6.45, 7) is 0. The fourth-order valence-corrected chi connectivity index (χ4v) is 2.53. The zero-order valence-corrected chi connectivity index (χ0v) is 11.8. The molecule has 0 atom stereocenters. The second-order valence-electron chi connectivity index (χ2n) is 5.49. The Hall–Kier alpha value is -2.48. The van der Waals surface area contributed by atoms with Gasteiger partial charge in [0.05, 0.1) is 5.69 Å². The topological polar surface area (TPSA) is 21.3 Å². The molecule has 1 aliphatic rings. The van der Waals surface area contributed by atoms with Crippen LogP contribution in [-0.4, -0.2) is 6.04 Å². The molecule has 1 fully saturated rings. The van der Waals surface area contributed by atoms with Crippen LogP contribution < -0.4 is 10.1 Å². The summed E-state index contributed by atoms with van der Waals surface area (Å²) in [5, 5.41) is 5.86. The van der Waals surface area contributed by atoms with Crippen LogP contribution in [0.15, 0.2) is 66.7 Å².